The van der Waals surface area contributed by atoms with E-state index in [9.17, 15) is 14.0 Å². The van der Waals surface area contributed by atoms with Crippen molar-refractivity contribution in [2.45, 2.75) is 0 Å². The van der Waals surface area contributed by atoms with Crippen LogP contribution in [0, 0.1) is 0 Å². The summed E-state index contributed by atoms with van der Waals surface area (Å²) in [7, 11) is -6.59. The molecule has 0 radical (unpaired) electrons. The van der Waals surface area contributed by atoms with Crippen LogP contribution in [0.25, 0.3) is 0 Å². The average molecular weight is 300 g/mol. The van der Waals surface area contributed by atoms with Gasteiger partial charge in [0.05, 0.1) is 13.2 Å². The van der Waals surface area contributed by atoms with Crippen molar-refractivity contribution in [3.05, 3.63) is 0 Å². The summed E-state index contributed by atoms with van der Waals surface area (Å²) in [6.07, 6.45) is -0.379. The van der Waals surface area contributed by atoms with E-state index < -0.39 is 15.6 Å². The smallest absolute Gasteiger partial charge is 0.339 e. The molecular weight excluding hydrogens is 282 g/mol. The number of ether oxygens (including phenoxy) is 1. The van der Waals surface area contributed by atoms with Crippen molar-refractivity contribution in [3.63, 3.8) is 0 Å². The van der Waals surface area contributed by atoms with Crippen LogP contribution in [0.1, 0.15) is 0 Å². The van der Waals surface area contributed by atoms with Gasteiger partial charge in [-0.25, -0.2) is 0 Å². The highest BCUT2D eigenvalue weighted by molar-refractivity contribution is 7.51. The number of rotatable bonds is 4. The molecule has 8 nitrogen and oxygen atoms in total. The van der Waals surface area contributed by atoms with Gasteiger partial charge in [0.1, 0.15) is 6.29 Å². The fourth-order valence-electron chi connectivity index (χ4n) is 1.70. The molecule has 0 aliphatic carbocycles. The van der Waals surface area contributed by atoms with Gasteiger partial charge >= 0.3 is 15.6 Å². The van der Waals surface area contributed by atoms with Crippen LogP contribution in [-0.4, -0.2) is 71.6 Å². The van der Waals surface area contributed by atoms with Gasteiger partial charge in [-0.3, -0.25) is 14.4 Å². The highest BCUT2D eigenvalue weighted by Gasteiger charge is 2.21. The number of nitrogens with zero attached hydrogens (tertiary/aromatic N) is 2. The Bertz CT molecular complexity index is 323. The maximum Gasteiger partial charge on any atom is 0.339 e. The zero-order valence-corrected chi connectivity index (χ0v) is 11.8. The van der Waals surface area contributed by atoms with Crippen LogP contribution in [0.2, 0.25) is 0 Å². The van der Waals surface area contributed by atoms with Gasteiger partial charge in [-0.05, 0) is 0 Å². The minimum Gasteiger partial charge on any atom is -0.594 e. The molecule has 1 aliphatic heterocycles. The summed E-state index contributed by atoms with van der Waals surface area (Å²) in [6, 6.07) is 0. The molecule has 106 valence electrons. The van der Waals surface area contributed by atoms with E-state index in [1.54, 1.807) is 9.80 Å². The predicted molar refractivity (Wildman–Crippen MR) is 63.3 cm³/mol. The molecule has 1 rings (SSSR count). The van der Waals surface area contributed by atoms with Crippen molar-refractivity contribution in [2.75, 3.05) is 52.0 Å². The number of hydrogen-bond acceptors (Lipinski definition) is 6. The molecule has 0 bridgehead atoms. The average Bonchev–Trinajstić information content (AvgIpc) is 2.29. The van der Waals surface area contributed by atoms with Crippen molar-refractivity contribution < 1.29 is 28.5 Å². The van der Waals surface area contributed by atoms with Crippen LogP contribution >= 0.6 is 15.6 Å². The van der Waals surface area contributed by atoms with Crippen molar-refractivity contribution in [1.82, 2.24) is 9.80 Å². The molecule has 1 saturated heterocycles. The van der Waals surface area contributed by atoms with E-state index in [-0.39, 0.29) is 12.6 Å². The third kappa shape index (κ3) is 7.51. The number of hydrogen-bond donors (Lipinski definition) is 2. The molecule has 1 unspecified atom stereocenters. The molecule has 0 aromatic carbocycles. The topological polar surface area (TPSA) is 113 Å². The molecular formula is C8H18N2O6P2. The first-order valence-corrected chi connectivity index (χ1v) is 8.72. The van der Waals surface area contributed by atoms with E-state index in [4.69, 9.17) is 14.5 Å². The molecule has 1 aliphatic rings. The van der Waals surface area contributed by atoms with Crippen molar-refractivity contribution in [1.29, 1.82) is 0 Å². The van der Waals surface area contributed by atoms with E-state index in [0.29, 0.717) is 39.4 Å². The summed E-state index contributed by atoms with van der Waals surface area (Å²) in [5.74, 6) is 0. The van der Waals surface area contributed by atoms with Crippen LogP contribution in [0.4, 0.5) is 0 Å². The third-order valence-electron chi connectivity index (χ3n) is 2.54. The highest BCUT2D eigenvalue weighted by Crippen LogP contribution is 2.34. The summed E-state index contributed by atoms with van der Waals surface area (Å²) >= 11 is 0. The zero-order valence-electron chi connectivity index (χ0n) is 9.97. The van der Waals surface area contributed by atoms with Gasteiger partial charge in [0.15, 0.2) is 6.29 Å². The lowest BCUT2D eigenvalue weighted by atomic mass is 10.5. The maximum atomic E-state index is 10.9. The Hall–Kier alpha value is 0.0900. The van der Waals surface area contributed by atoms with E-state index in [2.05, 4.69) is 0 Å². The van der Waals surface area contributed by atoms with Gasteiger partial charge in [0.2, 0.25) is 0 Å². The lowest BCUT2D eigenvalue weighted by molar-refractivity contribution is -0.166. The van der Waals surface area contributed by atoms with Crippen LogP contribution < -0.4 is 4.89 Å². The third-order valence-corrected chi connectivity index (χ3v) is 3.94. The highest BCUT2D eigenvalue weighted by atomic mass is 31.2. The van der Waals surface area contributed by atoms with Gasteiger partial charge in [0.25, 0.3) is 0 Å². The summed E-state index contributed by atoms with van der Waals surface area (Å²) in [5.41, 5.74) is 0. The molecule has 0 aromatic heterocycles. The first kappa shape index (κ1) is 16.1. The molecule has 1 heterocycles. The fraction of sp³-hybridized carbons (Fsp3) is 1.00. The molecule has 0 saturated carbocycles. The summed E-state index contributed by atoms with van der Waals surface area (Å²) < 4.78 is 26.9. The second kappa shape index (κ2) is 7.62. The van der Waals surface area contributed by atoms with Gasteiger partial charge in [0, 0.05) is 26.2 Å². The normalized spacial score (nSPS) is 22.1. The summed E-state index contributed by atoms with van der Waals surface area (Å²) in [4.78, 5) is 31.8. The lowest BCUT2D eigenvalue weighted by Crippen LogP contribution is -2.36. The molecule has 1 atom stereocenters. The van der Waals surface area contributed by atoms with E-state index in [1.807, 2.05) is 0 Å². The van der Waals surface area contributed by atoms with Gasteiger partial charge < -0.3 is 19.4 Å². The first-order chi connectivity index (χ1) is 8.37. The van der Waals surface area contributed by atoms with Crippen molar-refractivity contribution in [2.24, 2.45) is 0 Å². The summed E-state index contributed by atoms with van der Waals surface area (Å²) in [6.45, 7) is 2.62. The largest absolute Gasteiger partial charge is 0.594 e. The fourth-order valence-corrected chi connectivity index (χ4v) is 3.12. The Morgan fingerprint density at radius 2 is 1.72 bits per heavy atom. The van der Waals surface area contributed by atoms with Crippen LogP contribution in [0.15, 0.2) is 0 Å². The predicted octanol–water partition coefficient (Wildman–Crippen LogP) is -1.18. The molecule has 2 N–H and O–H groups in total. The summed E-state index contributed by atoms with van der Waals surface area (Å²) in [5, 5.41) is 0. The first-order valence-electron chi connectivity index (χ1n) is 5.55. The van der Waals surface area contributed by atoms with Crippen LogP contribution in [0.5, 0.6) is 0 Å². The minimum atomic E-state index is -4.10. The van der Waals surface area contributed by atoms with E-state index in [1.165, 1.54) is 0 Å². The van der Waals surface area contributed by atoms with E-state index >= 15 is 0 Å². The van der Waals surface area contributed by atoms with Gasteiger partial charge in [-0.1, -0.05) is 4.57 Å². The molecule has 0 amide bonds. The Morgan fingerprint density at radius 1 is 1.17 bits per heavy atom. The minimum absolute atomic E-state index is 0.0531. The second-order valence-corrected chi connectivity index (χ2v) is 6.69. The van der Waals surface area contributed by atoms with Crippen molar-refractivity contribution >= 4 is 15.6 Å². The maximum absolute atomic E-state index is 10.9. The lowest BCUT2D eigenvalue weighted by Gasteiger charge is -2.23. The SMILES string of the molecule is O=[P+]([O-])CN1CCOCCN(CP(=O)(O)O)CC1. The Labute approximate surface area is 107 Å². The molecule has 0 aromatic rings. The standard InChI is InChI=1S/C8H18N2O6P2/c11-17(12)7-9-1-2-10(8-18(13,14)15)4-6-16-5-3-9/h1-8H2,(H2,13,14,15). The Morgan fingerprint density at radius 3 is 2.28 bits per heavy atom. The second-order valence-electron chi connectivity index (χ2n) is 4.13. The van der Waals surface area contributed by atoms with Crippen molar-refractivity contribution in [3.8, 4) is 0 Å². The van der Waals surface area contributed by atoms with Crippen LogP contribution in [-0.2, 0) is 13.9 Å². The molecule has 1 fully saturated rings. The quantitative estimate of drug-likeness (QED) is 0.623. The van der Waals surface area contributed by atoms with Gasteiger partial charge in [-0.2, -0.15) is 0 Å². The molecule has 0 spiro atoms. The van der Waals surface area contributed by atoms with E-state index in [0.717, 1.165) is 0 Å². The van der Waals surface area contributed by atoms with Crippen LogP contribution in [0.3, 0.4) is 0 Å². The molecule has 18 heavy (non-hydrogen) atoms. The molecule has 10 heteroatoms. The zero-order chi connectivity index (χ0) is 13.6. The Balaban J connectivity index is 2.51. The Kier molecular flexibility index (Phi) is 6.84. The van der Waals surface area contributed by atoms with Gasteiger partial charge in [-0.15, -0.1) is 0 Å². The monoisotopic (exact) mass is 300 g/mol.